The second-order valence-corrected chi connectivity index (χ2v) is 9.26. The molecule has 1 aromatic heterocycles. The van der Waals surface area contributed by atoms with E-state index in [0.29, 0.717) is 15.9 Å². The molecule has 130 valence electrons. The number of hydrogen-bond acceptors (Lipinski definition) is 4. The molecule has 0 amide bonds. The summed E-state index contributed by atoms with van der Waals surface area (Å²) in [5.74, 6) is 0. The molecule has 0 saturated heterocycles. The quantitative estimate of drug-likeness (QED) is 0.831. The Morgan fingerprint density at radius 1 is 1.12 bits per heavy atom. The van der Waals surface area contributed by atoms with Crippen LogP contribution in [0.5, 0.6) is 0 Å². The average Bonchev–Trinajstić information content (AvgIpc) is 3.13. The number of benzene rings is 1. The highest BCUT2D eigenvalue weighted by Crippen LogP contribution is 2.26. The zero-order valence-corrected chi connectivity index (χ0v) is 15.6. The highest BCUT2D eigenvalue weighted by atomic mass is 32.2. The minimum absolute atomic E-state index is 0.345. The Labute approximate surface area is 148 Å². The van der Waals surface area contributed by atoms with Crippen molar-refractivity contribution < 1.29 is 8.42 Å². The topological polar surface area (TPSA) is 49.4 Å². The minimum atomic E-state index is -3.50. The molecule has 0 unspecified atom stereocenters. The van der Waals surface area contributed by atoms with Gasteiger partial charge in [0.2, 0.25) is 0 Å². The van der Waals surface area contributed by atoms with E-state index >= 15 is 0 Å². The first-order valence-corrected chi connectivity index (χ1v) is 10.8. The summed E-state index contributed by atoms with van der Waals surface area (Å²) in [6.45, 7) is 0.758. The van der Waals surface area contributed by atoms with Gasteiger partial charge in [0.1, 0.15) is 4.21 Å². The van der Waals surface area contributed by atoms with Crippen molar-refractivity contribution in [2.45, 2.75) is 48.9 Å². The highest BCUT2D eigenvalue weighted by Gasteiger charge is 2.20. The molecule has 4 nitrogen and oxygen atoms in total. The van der Waals surface area contributed by atoms with Crippen LogP contribution in [-0.2, 0) is 16.6 Å². The lowest BCUT2D eigenvalue weighted by Crippen LogP contribution is -2.33. The number of nitrogens with zero attached hydrogens (tertiary/aromatic N) is 1. The Hall–Kier alpha value is -1.37. The van der Waals surface area contributed by atoms with E-state index in [-0.39, 0.29) is 0 Å². The van der Waals surface area contributed by atoms with Gasteiger partial charge in [0.15, 0.2) is 0 Å². The molecule has 0 spiro atoms. The number of hydrogen-bond donors (Lipinski definition) is 1. The van der Waals surface area contributed by atoms with Gasteiger partial charge in [-0.1, -0.05) is 43.5 Å². The van der Waals surface area contributed by atoms with Crippen molar-refractivity contribution in [1.82, 2.24) is 4.90 Å². The molecule has 1 N–H and O–H groups in total. The zero-order valence-electron chi connectivity index (χ0n) is 13.9. The number of sulfonamides is 1. The van der Waals surface area contributed by atoms with Crippen LogP contribution in [-0.4, -0.2) is 26.4 Å². The van der Waals surface area contributed by atoms with Crippen LogP contribution in [0.25, 0.3) is 0 Å². The van der Waals surface area contributed by atoms with Crippen LogP contribution < -0.4 is 4.72 Å². The molecule has 0 aliphatic heterocycles. The van der Waals surface area contributed by atoms with Crippen molar-refractivity contribution in [3.8, 4) is 0 Å². The van der Waals surface area contributed by atoms with Crippen molar-refractivity contribution in [3.63, 3.8) is 0 Å². The Morgan fingerprint density at radius 3 is 2.58 bits per heavy atom. The normalized spacial score (nSPS) is 16.4. The van der Waals surface area contributed by atoms with E-state index in [2.05, 4.69) is 16.7 Å². The second-order valence-electron chi connectivity index (χ2n) is 6.40. The van der Waals surface area contributed by atoms with E-state index in [4.69, 9.17) is 0 Å². The highest BCUT2D eigenvalue weighted by molar-refractivity contribution is 7.94. The summed E-state index contributed by atoms with van der Waals surface area (Å²) in [5.41, 5.74) is 1.69. The third-order valence-corrected chi connectivity index (χ3v) is 7.40. The van der Waals surface area contributed by atoms with Gasteiger partial charge in [-0.05, 0) is 43.0 Å². The lowest BCUT2D eigenvalue weighted by atomic mass is 9.94. The van der Waals surface area contributed by atoms with Crippen molar-refractivity contribution >= 4 is 27.0 Å². The van der Waals surface area contributed by atoms with Gasteiger partial charge >= 0.3 is 0 Å². The SMILES string of the molecule is CN(Cc1ccccc1NS(=O)(=O)c1cccs1)C1CCCCC1. The summed E-state index contributed by atoms with van der Waals surface area (Å²) in [5, 5.41) is 1.78. The predicted molar refractivity (Wildman–Crippen MR) is 99.9 cm³/mol. The first kappa shape index (κ1) is 17.5. The fraction of sp³-hybridized carbons (Fsp3) is 0.444. The molecule has 1 heterocycles. The maximum Gasteiger partial charge on any atom is 0.271 e. The van der Waals surface area contributed by atoms with Gasteiger partial charge < -0.3 is 0 Å². The minimum Gasteiger partial charge on any atom is -0.299 e. The van der Waals surface area contributed by atoms with Gasteiger partial charge in [0, 0.05) is 12.6 Å². The predicted octanol–water partition coefficient (Wildman–Crippen LogP) is 4.31. The van der Waals surface area contributed by atoms with Gasteiger partial charge in [0.25, 0.3) is 10.0 Å². The standard InChI is InChI=1S/C18H24N2O2S2/c1-20(16-9-3-2-4-10-16)14-15-8-5-6-11-17(15)19-24(21,22)18-12-7-13-23-18/h5-8,11-13,16,19H,2-4,9-10,14H2,1H3. The largest absolute Gasteiger partial charge is 0.299 e. The number of nitrogens with one attached hydrogen (secondary N) is 1. The van der Waals surface area contributed by atoms with E-state index in [0.717, 1.165) is 12.1 Å². The lowest BCUT2D eigenvalue weighted by molar-refractivity contribution is 0.185. The number of anilines is 1. The summed E-state index contributed by atoms with van der Waals surface area (Å²) in [4.78, 5) is 2.36. The summed E-state index contributed by atoms with van der Waals surface area (Å²) >= 11 is 1.23. The molecule has 1 fully saturated rings. The first-order chi connectivity index (χ1) is 11.6. The summed E-state index contributed by atoms with van der Waals surface area (Å²) in [6, 6.07) is 11.7. The summed E-state index contributed by atoms with van der Waals surface area (Å²) in [7, 11) is -1.36. The lowest BCUT2D eigenvalue weighted by Gasteiger charge is -2.31. The molecule has 0 atom stereocenters. The maximum absolute atomic E-state index is 12.5. The molecular weight excluding hydrogens is 340 g/mol. The molecule has 1 aliphatic carbocycles. The van der Waals surface area contributed by atoms with E-state index in [9.17, 15) is 8.42 Å². The Bertz CT molecular complexity index is 751. The van der Waals surface area contributed by atoms with Crippen LogP contribution in [0.15, 0.2) is 46.0 Å². The van der Waals surface area contributed by atoms with E-state index < -0.39 is 10.0 Å². The van der Waals surface area contributed by atoms with Crippen molar-refractivity contribution in [1.29, 1.82) is 0 Å². The van der Waals surface area contributed by atoms with Crippen LogP contribution >= 0.6 is 11.3 Å². The van der Waals surface area contributed by atoms with E-state index in [1.165, 1.54) is 43.4 Å². The van der Waals surface area contributed by atoms with Crippen molar-refractivity contribution in [2.75, 3.05) is 11.8 Å². The van der Waals surface area contributed by atoms with Crippen LogP contribution in [0.2, 0.25) is 0 Å². The van der Waals surface area contributed by atoms with Gasteiger partial charge in [-0.25, -0.2) is 8.42 Å². The Balaban J connectivity index is 1.75. The first-order valence-electron chi connectivity index (χ1n) is 8.41. The van der Waals surface area contributed by atoms with Gasteiger partial charge in [-0.2, -0.15) is 0 Å². The smallest absolute Gasteiger partial charge is 0.271 e. The van der Waals surface area contributed by atoms with Crippen LogP contribution in [0.3, 0.4) is 0 Å². The molecule has 2 aromatic rings. The molecule has 3 rings (SSSR count). The molecule has 24 heavy (non-hydrogen) atoms. The molecule has 0 radical (unpaired) electrons. The monoisotopic (exact) mass is 364 g/mol. The number of rotatable bonds is 6. The molecular formula is C18H24N2O2S2. The van der Waals surface area contributed by atoms with Crippen molar-refractivity contribution in [3.05, 3.63) is 47.3 Å². The second kappa shape index (κ2) is 7.68. The molecule has 1 saturated carbocycles. The van der Waals surface area contributed by atoms with E-state index in [1.807, 2.05) is 24.3 Å². The van der Waals surface area contributed by atoms with Crippen LogP contribution in [0.4, 0.5) is 5.69 Å². The summed E-state index contributed by atoms with van der Waals surface area (Å²) in [6.07, 6.45) is 6.39. The van der Waals surface area contributed by atoms with Gasteiger partial charge in [-0.3, -0.25) is 9.62 Å². The number of para-hydroxylation sites is 1. The maximum atomic E-state index is 12.5. The molecule has 0 bridgehead atoms. The van der Waals surface area contributed by atoms with E-state index in [1.54, 1.807) is 17.5 Å². The average molecular weight is 365 g/mol. The Kier molecular flexibility index (Phi) is 5.58. The molecule has 1 aliphatic rings. The van der Waals surface area contributed by atoms with Crippen LogP contribution in [0.1, 0.15) is 37.7 Å². The van der Waals surface area contributed by atoms with Crippen LogP contribution in [0, 0.1) is 0 Å². The van der Waals surface area contributed by atoms with Crippen molar-refractivity contribution in [2.24, 2.45) is 0 Å². The Morgan fingerprint density at radius 2 is 1.88 bits per heavy atom. The van der Waals surface area contributed by atoms with Gasteiger partial charge in [-0.15, -0.1) is 11.3 Å². The molecule has 6 heteroatoms. The third kappa shape index (κ3) is 4.18. The van der Waals surface area contributed by atoms with Gasteiger partial charge in [0.05, 0.1) is 5.69 Å². The fourth-order valence-electron chi connectivity index (χ4n) is 3.29. The fourth-order valence-corrected chi connectivity index (χ4v) is 5.38. The number of thiophene rings is 1. The molecule has 1 aromatic carbocycles. The third-order valence-electron chi connectivity index (χ3n) is 4.64. The summed E-state index contributed by atoms with van der Waals surface area (Å²) < 4.78 is 28.1. The zero-order chi connectivity index (χ0) is 17.0.